The van der Waals surface area contributed by atoms with Crippen molar-refractivity contribution < 1.29 is 14.3 Å². The average Bonchev–Trinajstić information content (AvgIpc) is 3.22. The average molecular weight is 376 g/mol. The van der Waals surface area contributed by atoms with Crippen LogP contribution in [-0.4, -0.2) is 52.0 Å². The number of nitrogens with zero attached hydrogens (tertiary/aromatic N) is 3. The molecule has 0 bridgehead atoms. The van der Waals surface area contributed by atoms with Crippen molar-refractivity contribution in [1.82, 2.24) is 20.1 Å². The van der Waals surface area contributed by atoms with Gasteiger partial charge in [-0.15, -0.1) is 10.2 Å². The number of amides is 1. The Morgan fingerprint density at radius 3 is 2.73 bits per heavy atom. The summed E-state index contributed by atoms with van der Waals surface area (Å²) in [6.07, 6.45) is 1.08. The van der Waals surface area contributed by atoms with Crippen molar-refractivity contribution in [2.45, 2.75) is 30.7 Å². The molecule has 0 aliphatic carbocycles. The molecule has 0 radical (unpaired) electrons. The van der Waals surface area contributed by atoms with Crippen molar-refractivity contribution in [3.63, 3.8) is 0 Å². The lowest BCUT2D eigenvalue weighted by molar-refractivity contribution is -0.146. The van der Waals surface area contributed by atoms with Crippen LogP contribution in [0.1, 0.15) is 19.8 Å². The monoisotopic (exact) mass is 376 g/mol. The third-order valence-corrected chi connectivity index (χ3v) is 5.25. The molecule has 3 rings (SSSR count). The van der Waals surface area contributed by atoms with E-state index in [1.807, 2.05) is 48.9 Å². The van der Waals surface area contributed by atoms with Crippen molar-refractivity contribution >= 4 is 17.7 Å². The minimum atomic E-state index is -0.561. The number of rotatable bonds is 8. The van der Waals surface area contributed by atoms with E-state index in [1.165, 1.54) is 11.8 Å². The Kier molecular flexibility index (Phi) is 6.29. The van der Waals surface area contributed by atoms with Gasteiger partial charge in [-0.3, -0.25) is 4.79 Å². The number of carbonyl (C=O) groups is 1. The van der Waals surface area contributed by atoms with Crippen LogP contribution in [0, 0.1) is 0 Å². The molecule has 1 N–H and O–H groups in total. The van der Waals surface area contributed by atoms with Gasteiger partial charge in [0.1, 0.15) is 0 Å². The van der Waals surface area contributed by atoms with E-state index in [-0.39, 0.29) is 5.91 Å². The van der Waals surface area contributed by atoms with Gasteiger partial charge in [-0.25, -0.2) is 0 Å². The molecule has 1 aliphatic heterocycles. The van der Waals surface area contributed by atoms with E-state index >= 15 is 0 Å². The van der Waals surface area contributed by atoms with Crippen LogP contribution >= 0.6 is 11.8 Å². The molecule has 2 aromatic rings. The lowest BCUT2D eigenvalue weighted by Gasteiger charge is -2.22. The lowest BCUT2D eigenvalue weighted by Crippen LogP contribution is -2.33. The third-order valence-electron chi connectivity index (χ3n) is 4.23. The van der Waals surface area contributed by atoms with E-state index in [4.69, 9.17) is 9.47 Å². The predicted octanol–water partition coefficient (Wildman–Crippen LogP) is 2.23. The molecule has 1 saturated heterocycles. The first kappa shape index (κ1) is 18.9. The Morgan fingerprint density at radius 2 is 2.00 bits per heavy atom. The molecule has 8 heteroatoms. The summed E-state index contributed by atoms with van der Waals surface area (Å²) in [4.78, 5) is 12.0. The van der Waals surface area contributed by atoms with Crippen LogP contribution in [0.2, 0.25) is 0 Å². The quantitative estimate of drug-likeness (QED) is 0.712. The molecule has 140 valence electrons. The minimum Gasteiger partial charge on any atom is -0.356 e. The number of thioether (sulfide) groups is 1. The summed E-state index contributed by atoms with van der Waals surface area (Å²) in [6, 6.07) is 9.93. The molecule has 1 fully saturated rings. The summed E-state index contributed by atoms with van der Waals surface area (Å²) in [5.74, 6) is 0.928. The van der Waals surface area contributed by atoms with Crippen molar-refractivity contribution in [2.24, 2.45) is 7.05 Å². The van der Waals surface area contributed by atoms with Crippen LogP contribution in [0.5, 0.6) is 0 Å². The van der Waals surface area contributed by atoms with Gasteiger partial charge in [-0.1, -0.05) is 42.1 Å². The SMILES string of the molecule is Cn1c(SCCC(=O)NCCC2(C)OCCO2)nnc1-c1ccccc1. The summed E-state index contributed by atoms with van der Waals surface area (Å²) < 4.78 is 13.0. The van der Waals surface area contributed by atoms with Crippen LogP contribution in [0.3, 0.4) is 0 Å². The van der Waals surface area contributed by atoms with Crippen LogP contribution in [0.15, 0.2) is 35.5 Å². The Hall–Kier alpha value is -1.90. The molecule has 0 atom stereocenters. The fourth-order valence-electron chi connectivity index (χ4n) is 2.73. The Bertz CT molecular complexity index is 729. The molecule has 0 unspecified atom stereocenters. The van der Waals surface area contributed by atoms with Crippen LogP contribution in [0.4, 0.5) is 0 Å². The topological polar surface area (TPSA) is 78.3 Å². The van der Waals surface area contributed by atoms with Crippen molar-refractivity contribution in [2.75, 3.05) is 25.5 Å². The molecule has 0 spiro atoms. The fraction of sp³-hybridized carbons (Fsp3) is 0.500. The number of nitrogens with one attached hydrogen (secondary N) is 1. The highest BCUT2D eigenvalue weighted by Crippen LogP contribution is 2.23. The summed E-state index contributed by atoms with van der Waals surface area (Å²) in [7, 11) is 1.94. The second-order valence-electron chi connectivity index (χ2n) is 6.26. The number of hydrogen-bond acceptors (Lipinski definition) is 6. The zero-order valence-electron chi connectivity index (χ0n) is 15.1. The third kappa shape index (κ3) is 4.84. The molecular weight excluding hydrogens is 352 g/mol. The van der Waals surface area contributed by atoms with Gasteiger partial charge in [-0.05, 0) is 6.92 Å². The summed E-state index contributed by atoms with van der Waals surface area (Å²) in [6.45, 7) is 3.68. The van der Waals surface area contributed by atoms with Crippen molar-refractivity contribution in [3.05, 3.63) is 30.3 Å². The van der Waals surface area contributed by atoms with E-state index in [0.29, 0.717) is 38.4 Å². The summed E-state index contributed by atoms with van der Waals surface area (Å²) >= 11 is 1.53. The maximum absolute atomic E-state index is 12.0. The fourth-order valence-corrected chi connectivity index (χ4v) is 3.58. The van der Waals surface area contributed by atoms with E-state index < -0.39 is 5.79 Å². The number of benzene rings is 1. The number of aromatic nitrogens is 3. The van der Waals surface area contributed by atoms with Crippen molar-refractivity contribution in [1.29, 1.82) is 0 Å². The number of ether oxygens (including phenoxy) is 2. The lowest BCUT2D eigenvalue weighted by atomic mass is 10.2. The van der Waals surface area contributed by atoms with E-state index in [9.17, 15) is 4.79 Å². The van der Waals surface area contributed by atoms with Gasteiger partial charge >= 0.3 is 0 Å². The first-order chi connectivity index (χ1) is 12.6. The van der Waals surface area contributed by atoms with E-state index in [2.05, 4.69) is 15.5 Å². The predicted molar refractivity (Wildman–Crippen MR) is 99.7 cm³/mol. The zero-order chi connectivity index (χ0) is 18.4. The summed E-state index contributed by atoms with van der Waals surface area (Å²) in [5.41, 5.74) is 1.02. The van der Waals surface area contributed by atoms with Gasteiger partial charge in [0.05, 0.1) is 13.2 Å². The van der Waals surface area contributed by atoms with Gasteiger partial charge in [0, 0.05) is 37.8 Å². The molecule has 7 nitrogen and oxygen atoms in total. The molecule has 1 aromatic carbocycles. The zero-order valence-corrected chi connectivity index (χ0v) is 15.9. The van der Waals surface area contributed by atoms with Gasteiger partial charge < -0.3 is 19.4 Å². The maximum Gasteiger partial charge on any atom is 0.220 e. The molecule has 26 heavy (non-hydrogen) atoms. The molecular formula is C18H24N4O3S. The molecule has 1 amide bonds. The Morgan fingerprint density at radius 1 is 1.27 bits per heavy atom. The number of hydrogen-bond donors (Lipinski definition) is 1. The summed E-state index contributed by atoms with van der Waals surface area (Å²) in [5, 5.41) is 12.2. The van der Waals surface area contributed by atoms with Crippen LogP contribution < -0.4 is 5.32 Å². The largest absolute Gasteiger partial charge is 0.356 e. The molecule has 2 heterocycles. The second-order valence-corrected chi connectivity index (χ2v) is 7.32. The highest BCUT2D eigenvalue weighted by Gasteiger charge is 2.30. The van der Waals surface area contributed by atoms with Gasteiger partial charge in [-0.2, -0.15) is 0 Å². The highest BCUT2D eigenvalue weighted by molar-refractivity contribution is 7.99. The number of carbonyl (C=O) groups excluding carboxylic acids is 1. The highest BCUT2D eigenvalue weighted by atomic mass is 32.2. The Labute approximate surface area is 157 Å². The van der Waals surface area contributed by atoms with Crippen molar-refractivity contribution in [3.8, 4) is 11.4 Å². The van der Waals surface area contributed by atoms with Gasteiger partial charge in [0.2, 0.25) is 5.91 Å². The first-order valence-electron chi connectivity index (χ1n) is 8.70. The van der Waals surface area contributed by atoms with Gasteiger partial charge in [0.15, 0.2) is 16.8 Å². The minimum absolute atomic E-state index is 0.0181. The molecule has 1 aliphatic rings. The van der Waals surface area contributed by atoms with Crippen LogP contribution in [0.25, 0.3) is 11.4 Å². The molecule has 0 saturated carbocycles. The van der Waals surface area contributed by atoms with Gasteiger partial charge in [0.25, 0.3) is 0 Å². The van der Waals surface area contributed by atoms with Crippen LogP contribution in [-0.2, 0) is 21.3 Å². The standard InChI is InChI=1S/C18H24N4O3S/c1-18(24-11-12-25-18)9-10-19-15(23)8-13-26-17-21-20-16(22(17)2)14-6-4-3-5-7-14/h3-7H,8-13H2,1-2H3,(H,19,23). The smallest absolute Gasteiger partial charge is 0.220 e. The van der Waals surface area contributed by atoms with E-state index in [1.54, 1.807) is 0 Å². The van der Waals surface area contributed by atoms with E-state index in [0.717, 1.165) is 16.5 Å². The molecule has 1 aromatic heterocycles. The second kappa shape index (κ2) is 8.66. The Balaban J connectivity index is 1.41. The maximum atomic E-state index is 12.0. The normalized spacial score (nSPS) is 15.9. The first-order valence-corrected chi connectivity index (χ1v) is 9.68.